The molecule has 1 spiro atoms. The number of halogens is 4. The van der Waals surface area contributed by atoms with Gasteiger partial charge in [-0.15, -0.1) is 0 Å². The summed E-state index contributed by atoms with van der Waals surface area (Å²) in [6.45, 7) is 7.61. The van der Waals surface area contributed by atoms with E-state index in [0.29, 0.717) is 37.7 Å². The zero-order valence-corrected chi connectivity index (χ0v) is 57.6. The Hall–Kier alpha value is -6.53. The summed E-state index contributed by atoms with van der Waals surface area (Å²) in [7, 11) is 10.2. The smallest absolute Gasteiger partial charge is 0.343 e. The highest BCUT2D eigenvalue weighted by molar-refractivity contribution is 6.31. The van der Waals surface area contributed by atoms with Gasteiger partial charge in [-0.2, -0.15) is 13.2 Å². The summed E-state index contributed by atoms with van der Waals surface area (Å²) in [4.78, 5) is 171. The predicted octanol–water partition coefficient (Wildman–Crippen LogP) is 6.04. The van der Waals surface area contributed by atoms with E-state index >= 15 is 9.59 Å². The second-order valence-electron chi connectivity index (χ2n) is 27.8. The van der Waals surface area contributed by atoms with Gasteiger partial charge >= 0.3 is 6.18 Å². The highest BCUT2D eigenvalue weighted by atomic mass is 35.5. The van der Waals surface area contributed by atoms with Gasteiger partial charge in [0.05, 0.1) is 30.2 Å². The standard InChI is InChI=1S/C67H103ClF3N11O11/c1-13-42(4)58-64(92)77(8)39-56(85)75(6)40-57(86)80(11)52(36-44-21-15-14-16-22-44)62(90)76(7)38-54(83)72-49(29-27-46-26-28-47(48(68)35-46)67(69,70)71)61(89)82-32-20-25-50(82)60(88)74-66(30-17-18-31-66)65(93)81(12)53(37-45-23-19-24-45)63(91)78(9)43(5)34-55(84)79(10)51(33-41(2)3)59(87)73-58/h26,28,35,41-45,49-53,58H,13-25,27,29-34,36-40H2,1-12H3,(H,72,83)(H,73,87)(H,74,88)/t42-,43+,49-,50?,51-,52-,53-,58-/m0/s1. The molecule has 93 heavy (non-hydrogen) atoms. The average molecular weight is 1330 g/mol. The summed E-state index contributed by atoms with van der Waals surface area (Å²) in [6.07, 6.45) is 5.19. The maximum absolute atomic E-state index is 15.3. The van der Waals surface area contributed by atoms with Crippen molar-refractivity contribution in [3.63, 3.8) is 0 Å². The van der Waals surface area contributed by atoms with Gasteiger partial charge in [-0.1, -0.05) is 116 Å². The van der Waals surface area contributed by atoms with E-state index in [1.807, 2.05) is 20.8 Å². The van der Waals surface area contributed by atoms with Crippen LogP contribution in [0.1, 0.15) is 174 Å². The molecule has 0 bridgehead atoms. The maximum atomic E-state index is 15.3. The van der Waals surface area contributed by atoms with Gasteiger partial charge in [0.1, 0.15) is 41.8 Å². The highest BCUT2D eigenvalue weighted by Gasteiger charge is 2.50. The molecule has 1 aromatic rings. The van der Waals surface area contributed by atoms with Gasteiger partial charge in [0.15, 0.2) is 0 Å². The molecule has 6 rings (SSSR count). The second-order valence-corrected chi connectivity index (χ2v) is 28.2. The van der Waals surface area contributed by atoms with E-state index in [4.69, 9.17) is 11.6 Å². The van der Waals surface area contributed by atoms with Gasteiger partial charge < -0.3 is 55.1 Å². The first-order valence-corrected chi connectivity index (χ1v) is 33.9. The van der Waals surface area contributed by atoms with Gasteiger partial charge in [-0.3, -0.25) is 52.7 Å². The number of fused-ring (bicyclic) bond motifs is 1. The molecular weight excluding hydrogens is 1230 g/mol. The lowest BCUT2D eigenvalue weighted by molar-refractivity contribution is -0.152. The van der Waals surface area contributed by atoms with E-state index in [9.17, 15) is 56.3 Å². The van der Waals surface area contributed by atoms with Gasteiger partial charge in [0.25, 0.3) is 0 Å². The van der Waals surface area contributed by atoms with Crippen LogP contribution in [-0.4, -0.2) is 228 Å². The molecule has 22 nitrogen and oxygen atoms in total. The fourth-order valence-corrected chi connectivity index (χ4v) is 14.1. The number of carbonyl (C=O) groups is 11. The highest BCUT2D eigenvalue weighted by Crippen LogP contribution is 2.38. The van der Waals surface area contributed by atoms with Crippen molar-refractivity contribution >= 4 is 76.6 Å². The Morgan fingerprint density at radius 2 is 1.19 bits per heavy atom. The molecule has 11 amide bonds. The third kappa shape index (κ3) is 19.3. The number of nitrogens with one attached hydrogen (secondary N) is 3. The summed E-state index contributed by atoms with van der Waals surface area (Å²) in [5.41, 5.74) is -2.22. The fourth-order valence-electron chi connectivity index (χ4n) is 13.8. The molecule has 2 aliphatic heterocycles. The number of benzene rings is 1. The molecule has 2 saturated heterocycles. The maximum Gasteiger partial charge on any atom is 0.417 e. The van der Waals surface area contributed by atoms with Crippen LogP contribution in [0.25, 0.3) is 0 Å². The van der Waals surface area contributed by atoms with Crippen molar-refractivity contribution in [2.75, 3.05) is 75.5 Å². The Labute approximate surface area is 552 Å². The molecule has 26 heteroatoms. The van der Waals surface area contributed by atoms with Crippen LogP contribution < -0.4 is 16.0 Å². The van der Waals surface area contributed by atoms with Crippen LogP contribution in [0.3, 0.4) is 0 Å². The number of hydrogen-bond donors (Lipinski definition) is 3. The topological polar surface area (TPSA) is 250 Å². The lowest BCUT2D eigenvalue weighted by atomic mass is 9.80. The van der Waals surface area contributed by atoms with E-state index in [0.717, 1.165) is 73.3 Å². The Balaban J connectivity index is 1.37. The molecule has 0 aromatic heterocycles. The average Bonchev–Trinajstić information content (AvgIpc) is 1.81. The van der Waals surface area contributed by atoms with Crippen LogP contribution >= 0.6 is 11.6 Å². The minimum absolute atomic E-state index is 0.0354. The zero-order valence-electron chi connectivity index (χ0n) is 56.8. The second kappa shape index (κ2) is 33.2. The van der Waals surface area contributed by atoms with Crippen LogP contribution in [-0.2, 0) is 65.3 Å². The van der Waals surface area contributed by atoms with Crippen molar-refractivity contribution in [1.82, 2.24) is 55.1 Å². The summed E-state index contributed by atoms with van der Waals surface area (Å²) in [6, 6.07) is -4.37. The monoisotopic (exact) mass is 1330 g/mol. The number of aryl methyl sites for hydroxylation is 1. The van der Waals surface area contributed by atoms with E-state index in [1.165, 1.54) is 70.7 Å². The van der Waals surface area contributed by atoms with Crippen LogP contribution in [0.4, 0.5) is 13.2 Å². The molecule has 3 saturated carbocycles. The first kappa shape index (κ1) is 75.5. The number of nitrogens with zero attached hydrogens (tertiary/aromatic N) is 8. The molecule has 1 unspecified atom stereocenters. The van der Waals surface area contributed by atoms with Gasteiger partial charge in [0, 0.05) is 68.3 Å². The van der Waals surface area contributed by atoms with Crippen LogP contribution in [0, 0.1) is 23.7 Å². The number of rotatable bonds is 11. The van der Waals surface area contributed by atoms with Crippen molar-refractivity contribution in [1.29, 1.82) is 0 Å². The Bertz CT molecular complexity index is 2870. The first-order chi connectivity index (χ1) is 43.7. The molecule has 8 atom stereocenters. The quantitative estimate of drug-likeness (QED) is 0.230. The predicted molar refractivity (Wildman–Crippen MR) is 344 cm³/mol. The van der Waals surface area contributed by atoms with Crippen molar-refractivity contribution in [3.05, 3.63) is 34.3 Å². The van der Waals surface area contributed by atoms with Crippen LogP contribution in [0.2, 0.25) is 5.02 Å². The Kier molecular flexibility index (Phi) is 27.0. The number of hydrogen-bond acceptors (Lipinski definition) is 11. The van der Waals surface area contributed by atoms with Crippen molar-refractivity contribution in [2.45, 2.75) is 223 Å². The Morgan fingerprint density at radius 3 is 1.76 bits per heavy atom. The number of alkyl halides is 3. The Morgan fingerprint density at radius 1 is 0.613 bits per heavy atom. The lowest BCUT2D eigenvalue weighted by Gasteiger charge is -2.41. The van der Waals surface area contributed by atoms with E-state index in [-0.39, 0.29) is 75.7 Å². The first-order valence-electron chi connectivity index (χ1n) is 33.6. The van der Waals surface area contributed by atoms with E-state index in [2.05, 4.69) is 16.0 Å². The van der Waals surface area contributed by atoms with Crippen molar-refractivity contribution < 1.29 is 65.9 Å². The summed E-state index contributed by atoms with van der Waals surface area (Å²) < 4.78 is 41.4. The zero-order chi connectivity index (χ0) is 69.0. The third-order valence-electron chi connectivity index (χ3n) is 20.5. The molecule has 5 aliphatic rings. The largest absolute Gasteiger partial charge is 0.417 e. The number of amides is 11. The number of likely N-dealkylation sites (N-methyl/N-ethyl adjacent to an activating group) is 7. The van der Waals surface area contributed by atoms with E-state index in [1.54, 1.807) is 27.9 Å². The van der Waals surface area contributed by atoms with Gasteiger partial charge in [-0.25, -0.2) is 0 Å². The minimum Gasteiger partial charge on any atom is -0.343 e. The normalized spacial score (nSPS) is 26.8. The minimum atomic E-state index is -4.74. The van der Waals surface area contributed by atoms with Gasteiger partial charge in [-0.05, 0) is 106 Å². The summed E-state index contributed by atoms with van der Waals surface area (Å²) >= 11 is 6.13. The van der Waals surface area contributed by atoms with Gasteiger partial charge in [0.2, 0.25) is 65.0 Å². The number of carbonyl (C=O) groups excluding carboxylic acids is 11. The summed E-state index contributed by atoms with van der Waals surface area (Å²) in [5.74, 6) is -6.88. The molecular formula is C67H103ClF3N11O11. The molecule has 5 fully saturated rings. The lowest BCUT2D eigenvalue weighted by Crippen LogP contribution is -2.64. The molecule has 2 heterocycles. The summed E-state index contributed by atoms with van der Waals surface area (Å²) in [5, 5.41) is 8.17. The SMILES string of the molecule is CC[C@H](C)[C@@H]1NC(=O)[C@H](CC(C)C)N(C)C(=O)C[C@@H](C)N(C)C(=O)[C@H](CC2CCC2)N(C)C(=O)C2(CCCC2)NC(=O)C2CCCN2C(=O)[C@H](CCc2ccc(C(F)(F)F)c(Cl)c2)NC(=O)CN(C)C(=O)[C@H](CC2CCCCC2)N(C)C(=O)CN(C)C(=O)CN(C)C1=O. The third-order valence-corrected chi connectivity index (χ3v) is 20.8. The van der Waals surface area contributed by atoms with Crippen molar-refractivity contribution in [2.24, 2.45) is 23.7 Å². The van der Waals surface area contributed by atoms with Crippen molar-refractivity contribution in [3.8, 4) is 0 Å². The molecule has 520 valence electrons. The fraction of sp³-hybridized carbons (Fsp3) is 0.746. The molecule has 0 radical (unpaired) electrons. The van der Waals surface area contributed by atoms with Crippen LogP contribution in [0.15, 0.2) is 18.2 Å². The molecule has 3 aliphatic carbocycles. The van der Waals surface area contributed by atoms with Crippen LogP contribution in [0.5, 0.6) is 0 Å². The van der Waals surface area contributed by atoms with E-state index < -0.39 is 155 Å². The molecule has 1 aromatic carbocycles. The molecule has 3 N–H and O–H groups in total.